The molecule has 4 rings (SSSR count). The van der Waals surface area contributed by atoms with Gasteiger partial charge in [0.1, 0.15) is 55.4 Å². The van der Waals surface area contributed by atoms with Gasteiger partial charge in [0.15, 0.2) is 12.6 Å². The first-order valence-electron chi connectivity index (χ1n) is 14.8. The van der Waals surface area contributed by atoms with Crippen LogP contribution in [0.1, 0.15) is 59.3 Å². The summed E-state index contributed by atoms with van der Waals surface area (Å²) >= 11 is 0. The van der Waals surface area contributed by atoms with Crippen LogP contribution in [0.15, 0.2) is 0 Å². The van der Waals surface area contributed by atoms with E-state index < -0.39 is 80.6 Å². The third-order valence-corrected chi connectivity index (χ3v) is 9.55. The van der Waals surface area contributed by atoms with Gasteiger partial charge in [-0.25, -0.2) is 0 Å². The molecule has 2 saturated carbocycles. The summed E-state index contributed by atoms with van der Waals surface area (Å²) in [5.41, 5.74) is 0. The molecular formula is C28H48O12. The number of hydrogen-bond acceptors (Lipinski definition) is 12. The molecule has 16 atom stereocenters. The van der Waals surface area contributed by atoms with E-state index in [-0.39, 0.29) is 11.8 Å². The molecular weight excluding hydrogens is 528 g/mol. The van der Waals surface area contributed by atoms with Crippen molar-refractivity contribution in [1.82, 2.24) is 0 Å². The molecule has 0 aromatic rings. The van der Waals surface area contributed by atoms with Gasteiger partial charge in [0.2, 0.25) is 0 Å². The van der Waals surface area contributed by atoms with Crippen molar-refractivity contribution in [3.8, 4) is 0 Å². The fourth-order valence-corrected chi connectivity index (χ4v) is 6.57. The number of rotatable bonds is 13. The molecule has 0 spiro atoms. The summed E-state index contributed by atoms with van der Waals surface area (Å²) < 4.78 is 21.8. The Morgan fingerprint density at radius 1 is 0.800 bits per heavy atom. The van der Waals surface area contributed by atoms with Crippen molar-refractivity contribution in [1.29, 1.82) is 0 Å². The Morgan fingerprint density at radius 2 is 1.35 bits per heavy atom. The lowest BCUT2D eigenvalue weighted by Gasteiger charge is -2.44. The Kier molecular flexibility index (Phi) is 10.9. The smallest absolute Gasteiger partial charge is 0.309 e. The number of hydrogen-bond donors (Lipinski definition) is 7. The van der Waals surface area contributed by atoms with Crippen LogP contribution >= 0.6 is 0 Å². The Bertz CT molecular complexity index is 827. The number of carbonyl (C=O) groups excluding carboxylic acids is 1. The van der Waals surface area contributed by atoms with E-state index in [1.807, 2.05) is 6.92 Å². The lowest BCUT2D eigenvalue weighted by molar-refractivity contribution is -0.376. The molecule has 12 nitrogen and oxygen atoms in total. The molecule has 232 valence electrons. The van der Waals surface area contributed by atoms with Crippen LogP contribution < -0.4 is 0 Å². The first-order chi connectivity index (χ1) is 19.0. The highest BCUT2D eigenvalue weighted by molar-refractivity contribution is 5.72. The van der Waals surface area contributed by atoms with E-state index in [9.17, 15) is 40.5 Å². The van der Waals surface area contributed by atoms with Gasteiger partial charge in [-0.15, -0.1) is 0 Å². The average molecular weight is 577 g/mol. The van der Waals surface area contributed by atoms with Gasteiger partial charge in [0, 0.05) is 0 Å². The highest BCUT2D eigenvalue weighted by Crippen LogP contribution is 2.54. The zero-order valence-electron chi connectivity index (χ0n) is 23.6. The van der Waals surface area contributed by atoms with Crippen LogP contribution in [0.25, 0.3) is 0 Å². The first-order valence-corrected chi connectivity index (χ1v) is 14.8. The molecule has 0 bridgehead atoms. The minimum atomic E-state index is -1.77. The number of ether oxygens (including phenoxy) is 4. The lowest BCUT2D eigenvalue weighted by atomic mass is 9.87. The molecule has 40 heavy (non-hydrogen) atoms. The molecule has 10 unspecified atom stereocenters. The summed E-state index contributed by atoms with van der Waals surface area (Å²) in [5.74, 6) is 2.56. The van der Waals surface area contributed by atoms with E-state index in [4.69, 9.17) is 18.9 Å². The second-order valence-corrected chi connectivity index (χ2v) is 12.4. The Labute approximate surface area is 235 Å². The SMILES string of the molecule is CC[C@H]1C[C@H]1C[C@H]1C[C@H]1C[C@@H](C)[C@@H](CC)C(=O)OCC1OC(OC2OC(CO)C(O)C(O)C2O)C(O)C(O)C1O. The molecule has 0 amide bonds. The van der Waals surface area contributed by atoms with Crippen molar-refractivity contribution >= 4 is 5.97 Å². The monoisotopic (exact) mass is 576 g/mol. The lowest BCUT2D eigenvalue weighted by Crippen LogP contribution is -2.63. The van der Waals surface area contributed by atoms with Crippen LogP contribution in [-0.4, -0.2) is 116 Å². The molecule has 2 saturated heterocycles. The first kappa shape index (κ1) is 32.0. The second-order valence-electron chi connectivity index (χ2n) is 12.4. The maximum absolute atomic E-state index is 13.0. The average Bonchev–Trinajstić information content (AvgIpc) is 3.86. The maximum Gasteiger partial charge on any atom is 0.309 e. The number of aliphatic hydroxyl groups excluding tert-OH is 7. The van der Waals surface area contributed by atoms with Crippen molar-refractivity contribution in [2.45, 2.75) is 121 Å². The summed E-state index contributed by atoms with van der Waals surface area (Å²) in [6.07, 6.45) is -9.29. The molecule has 0 radical (unpaired) electrons. The van der Waals surface area contributed by atoms with Crippen molar-refractivity contribution in [2.75, 3.05) is 13.2 Å². The zero-order valence-corrected chi connectivity index (χ0v) is 23.6. The van der Waals surface area contributed by atoms with E-state index >= 15 is 0 Å². The van der Waals surface area contributed by atoms with Crippen LogP contribution in [0, 0.1) is 35.5 Å². The van der Waals surface area contributed by atoms with Gasteiger partial charge in [-0.2, -0.15) is 0 Å². The topological polar surface area (TPSA) is 196 Å². The minimum absolute atomic E-state index is 0.126. The fraction of sp³-hybridized carbons (Fsp3) is 0.964. The van der Waals surface area contributed by atoms with Crippen molar-refractivity contribution < 1.29 is 59.5 Å². The van der Waals surface area contributed by atoms with E-state index in [2.05, 4.69) is 13.8 Å². The zero-order chi connectivity index (χ0) is 29.3. The summed E-state index contributed by atoms with van der Waals surface area (Å²) in [6, 6.07) is 0. The molecule has 12 heteroatoms. The molecule has 7 N–H and O–H groups in total. The van der Waals surface area contributed by atoms with Crippen LogP contribution in [0.3, 0.4) is 0 Å². The highest BCUT2D eigenvalue weighted by atomic mass is 16.8. The van der Waals surface area contributed by atoms with E-state index in [0.717, 1.165) is 24.2 Å². The fourth-order valence-electron chi connectivity index (χ4n) is 6.57. The van der Waals surface area contributed by atoms with Gasteiger partial charge >= 0.3 is 5.97 Å². The predicted molar refractivity (Wildman–Crippen MR) is 138 cm³/mol. The Morgan fingerprint density at radius 3 is 1.90 bits per heavy atom. The van der Waals surface area contributed by atoms with Crippen LogP contribution in [0.5, 0.6) is 0 Å². The van der Waals surface area contributed by atoms with Crippen molar-refractivity contribution in [3.63, 3.8) is 0 Å². The molecule has 4 fully saturated rings. The van der Waals surface area contributed by atoms with Crippen LogP contribution in [0.4, 0.5) is 0 Å². The summed E-state index contributed by atoms with van der Waals surface area (Å²) in [7, 11) is 0. The molecule has 2 aliphatic carbocycles. The number of aliphatic hydroxyl groups is 7. The predicted octanol–water partition coefficient (Wildman–Crippen LogP) is -0.722. The minimum Gasteiger partial charge on any atom is -0.463 e. The summed E-state index contributed by atoms with van der Waals surface area (Å²) in [4.78, 5) is 13.0. The van der Waals surface area contributed by atoms with Gasteiger partial charge in [0.05, 0.1) is 12.5 Å². The van der Waals surface area contributed by atoms with Gasteiger partial charge < -0.3 is 54.7 Å². The van der Waals surface area contributed by atoms with Crippen LogP contribution in [-0.2, 0) is 23.7 Å². The molecule has 2 heterocycles. The molecule has 4 aliphatic rings. The largest absolute Gasteiger partial charge is 0.463 e. The quantitative estimate of drug-likeness (QED) is 0.136. The van der Waals surface area contributed by atoms with Crippen LogP contribution in [0.2, 0.25) is 0 Å². The van der Waals surface area contributed by atoms with E-state index in [1.165, 1.54) is 25.7 Å². The molecule has 0 aromatic heterocycles. The summed E-state index contributed by atoms with van der Waals surface area (Å²) in [6.45, 7) is 5.15. The normalized spacial score (nSPS) is 46.5. The molecule has 2 aliphatic heterocycles. The third-order valence-electron chi connectivity index (χ3n) is 9.55. The Hall–Kier alpha value is -0.930. The van der Waals surface area contributed by atoms with E-state index in [1.54, 1.807) is 0 Å². The van der Waals surface area contributed by atoms with E-state index in [0.29, 0.717) is 12.3 Å². The second kappa shape index (κ2) is 13.6. The van der Waals surface area contributed by atoms with Gasteiger partial charge in [0.25, 0.3) is 0 Å². The third kappa shape index (κ3) is 7.16. The standard InChI is InChI=1S/C28H48O12/c1-4-13-7-15(13)9-16-8-14(16)6-12(3)17(5-2)26(36)37-11-19-21(31)23(33)25(35)28(39-19)40-27-24(34)22(32)20(30)18(10-29)38-27/h12-25,27-35H,4-11H2,1-3H3/t12-,13+,14-,15+,16-,17-,18?,19?,20?,21?,22?,23?,24?,25?,27?,28?/m1/s1. The Balaban J connectivity index is 1.28. The summed E-state index contributed by atoms with van der Waals surface area (Å²) in [5, 5.41) is 70.8. The number of carbonyl (C=O) groups is 1. The van der Waals surface area contributed by atoms with Gasteiger partial charge in [-0.3, -0.25) is 4.79 Å². The van der Waals surface area contributed by atoms with Gasteiger partial charge in [-0.1, -0.05) is 27.2 Å². The van der Waals surface area contributed by atoms with Crippen molar-refractivity contribution in [2.24, 2.45) is 35.5 Å². The maximum atomic E-state index is 13.0. The molecule has 0 aromatic carbocycles. The van der Waals surface area contributed by atoms with Gasteiger partial charge in [-0.05, 0) is 61.7 Å². The van der Waals surface area contributed by atoms with Crippen molar-refractivity contribution in [3.05, 3.63) is 0 Å². The highest BCUT2D eigenvalue weighted by Gasteiger charge is 2.50. The number of esters is 1.